The SMILES string of the molecule is O=C(O)CC1(N2CCCC2)CCC(c2ccccc2)CC1. The van der Waals surface area contributed by atoms with Crippen LogP contribution in [-0.4, -0.2) is 34.6 Å². The van der Waals surface area contributed by atoms with Crippen molar-refractivity contribution in [2.75, 3.05) is 13.1 Å². The molecular formula is C18H25NO2. The summed E-state index contributed by atoms with van der Waals surface area (Å²) in [5.41, 5.74) is 1.34. The molecule has 1 saturated carbocycles. The monoisotopic (exact) mass is 287 g/mol. The fourth-order valence-electron chi connectivity index (χ4n) is 4.29. The Morgan fingerprint density at radius 3 is 2.33 bits per heavy atom. The molecule has 0 amide bonds. The average molecular weight is 287 g/mol. The Kier molecular flexibility index (Phi) is 4.29. The zero-order valence-electron chi connectivity index (χ0n) is 12.6. The highest BCUT2D eigenvalue weighted by atomic mass is 16.4. The molecule has 0 unspecified atom stereocenters. The fraction of sp³-hybridized carbons (Fsp3) is 0.611. The van der Waals surface area contributed by atoms with E-state index in [1.807, 2.05) is 0 Å². The molecule has 1 saturated heterocycles. The summed E-state index contributed by atoms with van der Waals surface area (Å²) in [6.07, 6.45) is 7.06. The molecule has 2 aliphatic rings. The van der Waals surface area contributed by atoms with E-state index in [4.69, 9.17) is 0 Å². The van der Waals surface area contributed by atoms with E-state index in [1.165, 1.54) is 18.4 Å². The van der Waals surface area contributed by atoms with Gasteiger partial charge in [0.15, 0.2) is 0 Å². The van der Waals surface area contributed by atoms with Gasteiger partial charge >= 0.3 is 5.97 Å². The zero-order chi connectivity index (χ0) is 14.7. The van der Waals surface area contributed by atoms with E-state index >= 15 is 0 Å². The van der Waals surface area contributed by atoms with Crippen LogP contribution in [0.15, 0.2) is 30.3 Å². The number of hydrogen-bond donors (Lipinski definition) is 1. The summed E-state index contributed by atoms with van der Waals surface area (Å²) < 4.78 is 0. The van der Waals surface area contributed by atoms with Gasteiger partial charge in [0.25, 0.3) is 0 Å². The third-order valence-corrected chi connectivity index (χ3v) is 5.44. The highest BCUT2D eigenvalue weighted by Gasteiger charge is 2.42. The first-order valence-electron chi connectivity index (χ1n) is 8.21. The number of benzene rings is 1. The van der Waals surface area contributed by atoms with Gasteiger partial charge in [0.05, 0.1) is 6.42 Å². The molecule has 1 aromatic carbocycles. The smallest absolute Gasteiger partial charge is 0.305 e. The van der Waals surface area contributed by atoms with Gasteiger partial charge in [0, 0.05) is 5.54 Å². The van der Waals surface area contributed by atoms with Gasteiger partial charge in [0.1, 0.15) is 0 Å². The van der Waals surface area contributed by atoms with Crippen LogP contribution >= 0.6 is 0 Å². The first-order chi connectivity index (χ1) is 10.2. The molecule has 1 N–H and O–H groups in total. The minimum Gasteiger partial charge on any atom is -0.481 e. The Morgan fingerprint density at radius 2 is 1.76 bits per heavy atom. The quantitative estimate of drug-likeness (QED) is 0.919. The van der Waals surface area contributed by atoms with Gasteiger partial charge < -0.3 is 5.11 Å². The highest BCUT2D eigenvalue weighted by molar-refractivity contribution is 5.68. The van der Waals surface area contributed by atoms with E-state index in [1.54, 1.807) is 0 Å². The third-order valence-electron chi connectivity index (χ3n) is 5.44. The largest absolute Gasteiger partial charge is 0.481 e. The van der Waals surface area contributed by atoms with E-state index in [0.717, 1.165) is 38.8 Å². The van der Waals surface area contributed by atoms with Gasteiger partial charge in [-0.25, -0.2) is 0 Å². The molecular weight excluding hydrogens is 262 g/mol. The number of carbonyl (C=O) groups is 1. The van der Waals surface area contributed by atoms with E-state index in [2.05, 4.69) is 35.2 Å². The number of carboxylic acid groups (broad SMARTS) is 1. The Balaban J connectivity index is 1.71. The molecule has 3 rings (SSSR count). The second-order valence-electron chi connectivity index (χ2n) is 6.67. The van der Waals surface area contributed by atoms with Gasteiger partial charge in [-0.05, 0) is 63.1 Å². The van der Waals surface area contributed by atoms with Crippen molar-refractivity contribution in [2.45, 2.75) is 56.4 Å². The van der Waals surface area contributed by atoms with Crippen LogP contribution < -0.4 is 0 Å². The summed E-state index contributed by atoms with van der Waals surface area (Å²) in [4.78, 5) is 13.8. The molecule has 0 spiro atoms. The van der Waals surface area contributed by atoms with Crippen molar-refractivity contribution in [3.05, 3.63) is 35.9 Å². The van der Waals surface area contributed by atoms with E-state index in [-0.39, 0.29) is 5.54 Å². The van der Waals surface area contributed by atoms with Gasteiger partial charge in [-0.2, -0.15) is 0 Å². The summed E-state index contributed by atoms with van der Waals surface area (Å²) in [5, 5.41) is 9.35. The summed E-state index contributed by atoms with van der Waals surface area (Å²) in [5.74, 6) is -0.0317. The molecule has 2 fully saturated rings. The maximum absolute atomic E-state index is 11.4. The van der Waals surface area contributed by atoms with Crippen LogP contribution in [0.4, 0.5) is 0 Å². The summed E-state index contributed by atoms with van der Waals surface area (Å²) in [6.45, 7) is 2.17. The predicted octanol–water partition coefficient (Wildman–Crippen LogP) is 3.65. The third kappa shape index (κ3) is 3.13. The summed E-state index contributed by atoms with van der Waals surface area (Å²) >= 11 is 0. The van der Waals surface area contributed by atoms with Crippen molar-refractivity contribution < 1.29 is 9.90 Å². The van der Waals surface area contributed by atoms with Crippen molar-refractivity contribution in [3.8, 4) is 0 Å². The van der Waals surface area contributed by atoms with Gasteiger partial charge in [0.2, 0.25) is 0 Å². The number of nitrogens with zero attached hydrogens (tertiary/aromatic N) is 1. The lowest BCUT2D eigenvalue weighted by Crippen LogP contribution is -2.50. The molecule has 1 aliphatic heterocycles. The lowest BCUT2D eigenvalue weighted by molar-refractivity contribution is -0.141. The normalized spacial score (nSPS) is 30.4. The summed E-state index contributed by atoms with van der Waals surface area (Å²) in [6, 6.07) is 10.7. The first kappa shape index (κ1) is 14.6. The van der Waals surface area contributed by atoms with E-state index < -0.39 is 5.97 Å². The maximum atomic E-state index is 11.4. The van der Waals surface area contributed by atoms with Crippen LogP contribution in [0.1, 0.15) is 56.4 Å². The number of hydrogen-bond acceptors (Lipinski definition) is 2. The second-order valence-corrected chi connectivity index (χ2v) is 6.67. The van der Waals surface area contributed by atoms with Crippen molar-refractivity contribution in [2.24, 2.45) is 0 Å². The fourth-order valence-corrected chi connectivity index (χ4v) is 4.29. The molecule has 1 heterocycles. The van der Waals surface area contributed by atoms with Crippen LogP contribution in [-0.2, 0) is 4.79 Å². The molecule has 3 heteroatoms. The van der Waals surface area contributed by atoms with Gasteiger partial charge in [-0.3, -0.25) is 9.69 Å². The Morgan fingerprint density at radius 1 is 1.14 bits per heavy atom. The Hall–Kier alpha value is -1.35. The number of rotatable bonds is 4. The molecule has 1 aromatic rings. The minimum atomic E-state index is -0.639. The van der Waals surface area contributed by atoms with Crippen molar-refractivity contribution in [1.29, 1.82) is 0 Å². The van der Waals surface area contributed by atoms with E-state index in [9.17, 15) is 9.90 Å². The molecule has 3 nitrogen and oxygen atoms in total. The maximum Gasteiger partial charge on any atom is 0.305 e. The average Bonchev–Trinajstić information content (AvgIpc) is 3.03. The lowest BCUT2D eigenvalue weighted by Gasteiger charge is -2.46. The molecule has 0 atom stereocenters. The second kappa shape index (κ2) is 6.18. The molecule has 0 bridgehead atoms. The van der Waals surface area contributed by atoms with Crippen LogP contribution in [0.25, 0.3) is 0 Å². The van der Waals surface area contributed by atoms with Crippen molar-refractivity contribution >= 4 is 5.97 Å². The highest BCUT2D eigenvalue weighted by Crippen LogP contribution is 2.44. The number of carboxylic acids is 1. The molecule has 114 valence electrons. The first-order valence-corrected chi connectivity index (χ1v) is 8.21. The van der Waals surface area contributed by atoms with Crippen molar-refractivity contribution in [1.82, 2.24) is 4.90 Å². The Labute approximate surface area is 127 Å². The molecule has 1 aliphatic carbocycles. The number of likely N-dealkylation sites (tertiary alicyclic amines) is 1. The topological polar surface area (TPSA) is 40.5 Å². The standard InChI is InChI=1S/C18H25NO2/c20-17(21)14-18(19-12-4-5-13-19)10-8-16(9-11-18)15-6-2-1-3-7-15/h1-3,6-7,16H,4-5,8-14H2,(H,20,21). The van der Waals surface area contributed by atoms with E-state index in [0.29, 0.717) is 12.3 Å². The zero-order valence-corrected chi connectivity index (χ0v) is 12.6. The molecule has 21 heavy (non-hydrogen) atoms. The minimum absolute atomic E-state index is 0.0758. The van der Waals surface area contributed by atoms with Crippen LogP contribution in [0, 0.1) is 0 Å². The van der Waals surface area contributed by atoms with Gasteiger partial charge in [-0.15, -0.1) is 0 Å². The Bertz CT molecular complexity index is 471. The van der Waals surface area contributed by atoms with Gasteiger partial charge in [-0.1, -0.05) is 30.3 Å². The molecule has 0 radical (unpaired) electrons. The summed E-state index contributed by atoms with van der Waals surface area (Å²) in [7, 11) is 0. The number of aliphatic carboxylic acids is 1. The van der Waals surface area contributed by atoms with Crippen LogP contribution in [0.3, 0.4) is 0 Å². The van der Waals surface area contributed by atoms with Crippen LogP contribution in [0.2, 0.25) is 0 Å². The molecule has 0 aromatic heterocycles. The van der Waals surface area contributed by atoms with Crippen LogP contribution in [0.5, 0.6) is 0 Å². The lowest BCUT2D eigenvalue weighted by atomic mass is 9.72. The predicted molar refractivity (Wildman–Crippen MR) is 83.4 cm³/mol. The van der Waals surface area contributed by atoms with Crippen molar-refractivity contribution in [3.63, 3.8) is 0 Å².